The van der Waals surface area contributed by atoms with Crippen LogP contribution in [0.1, 0.15) is 12.0 Å². The van der Waals surface area contributed by atoms with Crippen LogP contribution in [0.15, 0.2) is 24.3 Å². The predicted molar refractivity (Wildman–Crippen MR) is 84.0 cm³/mol. The minimum absolute atomic E-state index is 0.0248. The molecule has 6 nitrogen and oxygen atoms in total. The fraction of sp³-hybridized carbons (Fsp3) is 0.529. The first-order valence-corrected chi connectivity index (χ1v) is 7.79. The molecule has 0 aromatic heterocycles. The molecule has 0 radical (unpaired) electrons. The molecular formula is C17H21N3O3. The molecule has 0 saturated carbocycles. The second-order valence-corrected chi connectivity index (χ2v) is 6.17. The molecule has 2 saturated heterocycles. The first-order valence-electron chi connectivity index (χ1n) is 7.79. The van der Waals surface area contributed by atoms with Crippen LogP contribution < -0.4 is 4.74 Å². The van der Waals surface area contributed by atoms with E-state index in [1.165, 1.54) is 0 Å². The second kappa shape index (κ2) is 6.57. The molecular weight excluding hydrogens is 294 g/mol. The summed E-state index contributed by atoms with van der Waals surface area (Å²) in [5, 5.41) is 8.78. The molecule has 2 aliphatic rings. The lowest BCUT2D eigenvalue weighted by Crippen LogP contribution is -2.59. The molecule has 0 N–H and O–H groups in total. The molecule has 122 valence electrons. The van der Waals surface area contributed by atoms with Crippen LogP contribution >= 0.6 is 0 Å². The number of hydrogen-bond donors (Lipinski definition) is 0. The summed E-state index contributed by atoms with van der Waals surface area (Å²) in [5.41, 5.74) is 0.611. The van der Waals surface area contributed by atoms with E-state index in [0.29, 0.717) is 18.7 Å². The third kappa shape index (κ3) is 3.31. The summed E-state index contributed by atoms with van der Waals surface area (Å²) in [6.07, 6.45) is 0.918. The van der Waals surface area contributed by atoms with Gasteiger partial charge in [0.25, 0.3) is 0 Å². The number of carbonyl (C=O) groups is 1. The molecule has 1 amide bonds. The highest BCUT2D eigenvalue weighted by molar-refractivity contribution is 5.83. The van der Waals surface area contributed by atoms with Gasteiger partial charge in [0.2, 0.25) is 5.91 Å². The Hall–Kier alpha value is -2.10. The molecule has 2 aliphatic heterocycles. The van der Waals surface area contributed by atoms with Gasteiger partial charge in [0.15, 0.2) is 0 Å². The highest BCUT2D eigenvalue weighted by Gasteiger charge is 2.41. The van der Waals surface area contributed by atoms with Crippen molar-refractivity contribution in [3.05, 3.63) is 29.8 Å². The zero-order valence-corrected chi connectivity index (χ0v) is 13.4. The van der Waals surface area contributed by atoms with Crippen LogP contribution in [0.3, 0.4) is 0 Å². The molecule has 1 aromatic carbocycles. The van der Waals surface area contributed by atoms with E-state index in [1.807, 2.05) is 11.9 Å². The molecule has 1 aromatic rings. The smallest absolute Gasteiger partial charge is 0.240 e. The standard InChI is InChI=1S/C17H21N3O3/c1-19-9-14(22-2)7-16(19)17(21)20-10-15(11-20)23-13-5-3-12(8-18)4-6-13/h3-6,14-16H,7,9-11H2,1-2H3/t14-,16-/m0/s1. The highest BCUT2D eigenvalue weighted by atomic mass is 16.5. The van der Waals surface area contributed by atoms with E-state index in [1.54, 1.807) is 31.4 Å². The lowest BCUT2D eigenvalue weighted by atomic mass is 10.1. The van der Waals surface area contributed by atoms with Crippen LogP contribution in [-0.2, 0) is 9.53 Å². The van der Waals surface area contributed by atoms with E-state index in [9.17, 15) is 4.79 Å². The van der Waals surface area contributed by atoms with Crippen molar-refractivity contribution in [3.8, 4) is 11.8 Å². The molecule has 23 heavy (non-hydrogen) atoms. The first kappa shape index (κ1) is 15.8. The summed E-state index contributed by atoms with van der Waals surface area (Å²) in [7, 11) is 3.66. The molecule has 0 unspecified atom stereocenters. The van der Waals surface area contributed by atoms with E-state index < -0.39 is 0 Å². The number of amides is 1. The number of likely N-dealkylation sites (tertiary alicyclic amines) is 2. The summed E-state index contributed by atoms with van der Waals surface area (Å²) in [6.45, 7) is 2.02. The number of carbonyl (C=O) groups excluding carboxylic acids is 1. The lowest BCUT2D eigenvalue weighted by molar-refractivity contribution is -0.144. The predicted octanol–water partition coefficient (Wildman–Crippen LogP) is 0.867. The van der Waals surface area contributed by atoms with E-state index in [4.69, 9.17) is 14.7 Å². The Morgan fingerprint density at radius 2 is 1.91 bits per heavy atom. The quantitative estimate of drug-likeness (QED) is 0.825. The first-order chi connectivity index (χ1) is 11.1. The molecule has 2 fully saturated rings. The molecule has 0 spiro atoms. The number of hydrogen-bond acceptors (Lipinski definition) is 5. The minimum Gasteiger partial charge on any atom is -0.487 e. The molecule has 6 heteroatoms. The van der Waals surface area contributed by atoms with Crippen LogP contribution in [0.2, 0.25) is 0 Å². The number of nitriles is 1. The average molecular weight is 315 g/mol. The third-order valence-electron chi connectivity index (χ3n) is 4.57. The van der Waals surface area contributed by atoms with Gasteiger partial charge in [-0.1, -0.05) is 0 Å². The maximum atomic E-state index is 12.5. The summed E-state index contributed by atoms with van der Waals surface area (Å²) in [5.74, 6) is 0.894. The van der Waals surface area contributed by atoms with Crippen molar-refractivity contribution in [2.45, 2.75) is 24.7 Å². The third-order valence-corrected chi connectivity index (χ3v) is 4.57. The van der Waals surface area contributed by atoms with Crippen LogP contribution in [0.4, 0.5) is 0 Å². The Morgan fingerprint density at radius 1 is 1.22 bits per heavy atom. The van der Waals surface area contributed by atoms with Crippen molar-refractivity contribution >= 4 is 5.91 Å². The van der Waals surface area contributed by atoms with Crippen molar-refractivity contribution in [2.24, 2.45) is 0 Å². The van der Waals surface area contributed by atoms with Gasteiger partial charge in [0.1, 0.15) is 11.9 Å². The van der Waals surface area contributed by atoms with Gasteiger partial charge in [-0.05, 0) is 37.7 Å². The zero-order valence-electron chi connectivity index (χ0n) is 13.4. The number of likely N-dealkylation sites (N-methyl/N-ethyl adjacent to an activating group) is 1. The number of ether oxygens (including phenoxy) is 2. The largest absolute Gasteiger partial charge is 0.487 e. The fourth-order valence-electron chi connectivity index (χ4n) is 3.12. The Bertz CT molecular complexity index is 605. The van der Waals surface area contributed by atoms with Gasteiger partial charge in [-0.3, -0.25) is 9.69 Å². The summed E-state index contributed by atoms with van der Waals surface area (Å²) >= 11 is 0. The van der Waals surface area contributed by atoms with E-state index >= 15 is 0 Å². The summed E-state index contributed by atoms with van der Waals surface area (Å²) in [6, 6.07) is 9.03. The molecule has 2 heterocycles. The maximum Gasteiger partial charge on any atom is 0.240 e. The number of rotatable bonds is 4. The maximum absolute atomic E-state index is 12.5. The van der Waals surface area contributed by atoms with E-state index in [-0.39, 0.29) is 24.2 Å². The normalized spacial score (nSPS) is 25.0. The van der Waals surface area contributed by atoms with Gasteiger partial charge >= 0.3 is 0 Å². The molecule has 0 bridgehead atoms. The van der Waals surface area contributed by atoms with E-state index in [2.05, 4.69) is 11.0 Å². The number of benzene rings is 1. The average Bonchev–Trinajstić information content (AvgIpc) is 2.91. The van der Waals surface area contributed by atoms with Gasteiger partial charge in [-0.15, -0.1) is 0 Å². The number of methoxy groups -OCH3 is 1. The van der Waals surface area contributed by atoms with Crippen molar-refractivity contribution in [2.75, 3.05) is 33.8 Å². The van der Waals surface area contributed by atoms with Crippen LogP contribution in [-0.4, -0.2) is 67.7 Å². The van der Waals surface area contributed by atoms with Crippen molar-refractivity contribution < 1.29 is 14.3 Å². The van der Waals surface area contributed by atoms with Crippen LogP contribution in [0.25, 0.3) is 0 Å². The Morgan fingerprint density at radius 3 is 2.48 bits per heavy atom. The SMILES string of the molecule is CO[C@H]1C[C@@H](C(=O)N2CC(Oc3ccc(C#N)cc3)C2)N(C)C1. The topological polar surface area (TPSA) is 65.8 Å². The minimum atomic E-state index is -0.0872. The molecule has 0 aliphatic carbocycles. The van der Waals surface area contributed by atoms with Gasteiger partial charge < -0.3 is 14.4 Å². The monoisotopic (exact) mass is 315 g/mol. The van der Waals surface area contributed by atoms with Crippen LogP contribution in [0, 0.1) is 11.3 Å². The van der Waals surface area contributed by atoms with Crippen LogP contribution in [0.5, 0.6) is 5.75 Å². The van der Waals surface area contributed by atoms with Gasteiger partial charge in [0, 0.05) is 13.7 Å². The molecule has 3 rings (SSSR count). The van der Waals surface area contributed by atoms with Crippen molar-refractivity contribution in [1.82, 2.24) is 9.80 Å². The summed E-state index contributed by atoms with van der Waals surface area (Å²) in [4.78, 5) is 16.4. The van der Waals surface area contributed by atoms with Gasteiger partial charge in [-0.25, -0.2) is 0 Å². The van der Waals surface area contributed by atoms with Crippen molar-refractivity contribution in [1.29, 1.82) is 5.26 Å². The Balaban J connectivity index is 1.49. The van der Waals surface area contributed by atoms with Crippen molar-refractivity contribution in [3.63, 3.8) is 0 Å². The van der Waals surface area contributed by atoms with Gasteiger partial charge in [0.05, 0.1) is 36.9 Å². The zero-order chi connectivity index (χ0) is 16.4. The Kier molecular flexibility index (Phi) is 4.51. The lowest BCUT2D eigenvalue weighted by Gasteiger charge is -2.41. The number of nitrogens with zero attached hydrogens (tertiary/aromatic N) is 3. The summed E-state index contributed by atoms with van der Waals surface area (Å²) < 4.78 is 11.2. The molecule has 2 atom stereocenters. The highest BCUT2D eigenvalue weighted by Crippen LogP contribution is 2.24. The fourth-order valence-corrected chi connectivity index (χ4v) is 3.12. The van der Waals surface area contributed by atoms with Gasteiger partial charge in [-0.2, -0.15) is 5.26 Å². The second-order valence-electron chi connectivity index (χ2n) is 6.17. The Labute approximate surface area is 136 Å². The van der Waals surface area contributed by atoms with E-state index in [0.717, 1.165) is 18.7 Å².